The average Bonchev–Trinajstić information content (AvgIpc) is 2.76. The summed E-state index contributed by atoms with van der Waals surface area (Å²) in [6.07, 6.45) is 5.30. The van der Waals surface area contributed by atoms with Crippen LogP contribution < -0.4 is 5.32 Å². The van der Waals surface area contributed by atoms with E-state index in [2.05, 4.69) is 17.3 Å². The Morgan fingerprint density at radius 2 is 1.76 bits per heavy atom. The lowest BCUT2D eigenvalue weighted by Crippen LogP contribution is -2.53. The molecule has 0 radical (unpaired) electrons. The molecule has 0 aromatic heterocycles. The van der Waals surface area contributed by atoms with Crippen LogP contribution in [0.4, 0.5) is 0 Å². The molecule has 0 aromatic rings. The van der Waals surface area contributed by atoms with Gasteiger partial charge in [-0.05, 0) is 46.6 Å². The van der Waals surface area contributed by atoms with E-state index in [0.29, 0.717) is 24.7 Å². The molecular weight excluding hydrogens is 266 g/mol. The normalized spacial score (nSPS) is 39.8. The van der Waals surface area contributed by atoms with Gasteiger partial charge in [0, 0.05) is 31.2 Å². The lowest BCUT2D eigenvalue weighted by Gasteiger charge is -2.38. The topological polar surface area (TPSA) is 44.8 Å². The van der Waals surface area contributed by atoms with E-state index in [1.807, 2.05) is 18.7 Å². The third kappa shape index (κ3) is 3.58. The summed E-state index contributed by atoms with van der Waals surface area (Å²) in [5, 5.41) is 3.66. The average molecular weight is 295 g/mol. The van der Waals surface area contributed by atoms with Crippen LogP contribution in [-0.4, -0.2) is 72.7 Å². The van der Waals surface area contributed by atoms with Crippen LogP contribution in [0, 0.1) is 0 Å². The first kappa shape index (κ1) is 15.3. The zero-order valence-corrected chi connectivity index (χ0v) is 13.5. The van der Waals surface area contributed by atoms with Gasteiger partial charge in [-0.15, -0.1) is 0 Å². The number of likely N-dealkylation sites (N-methyl/N-ethyl adjacent to an activating group) is 1. The Balaban J connectivity index is 1.52. The molecule has 0 spiro atoms. The van der Waals surface area contributed by atoms with Gasteiger partial charge in [-0.2, -0.15) is 0 Å². The van der Waals surface area contributed by atoms with Crippen molar-refractivity contribution >= 4 is 5.91 Å². The summed E-state index contributed by atoms with van der Waals surface area (Å²) >= 11 is 0. The molecule has 3 saturated heterocycles. The van der Waals surface area contributed by atoms with Gasteiger partial charge in [0.15, 0.2) is 0 Å². The van der Waals surface area contributed by atoms with Gasteiger partial charge in [0.05, 0.1) is 18.8 Å². The number of fused-ring (bicyclic) bond motifs is 2. The van der Waals surface area contributed by atoms with Gasteiger partial charge < -0.3 is 15.0 Å². The van der Waals surface area contributed by atoms with E-state index >= 15 is 0 Å². The smallest absolute Gasteiger partial charge is 0.236 e. The predicted molar refractivity (Wildman–Crippen MR) is 82.2 cm³/mol. The zero-order chi connectivity index (χ0) is 15.0. The van der Waals surface area contributed by atoms with Crippen LogP contribution in [0.2, 0.25) is 0 Å². The fraction of sp³-hybridized carbons (Fsp3) is 0.938. The highest BCUT2D eigenvalue weighted by Crippen LogP contribution is 2.29. The number of hydrogen-bond acceptors (Lipinski definition) is 4. The molecule has 3 aliphatic heterocycles. The van der Waals surface area contributed by atoms with E-state index in [0.717, 1.165) is 13.1 Å². The van der Waals surface area contributed by atoms with Crippen LogP contribution in [0.5, 0.6) is 0 Å². The number of piperidine rings is 1. The fourth-order valence-electron chi connectivity index (χ4n) is 4.21. The van der Waals surface area contributed by atoms with Crippen LogP contribution in [-0.2, 0) is 9.53 Å². The maximum absolute atomic E-state index is 12.5. The molecule has 4 unspecified atom stereocenters. The van der Waals surface area contributed by atoms with Crippen molar-refractivity contribution in [2.45, 2.75) is 69.9 Å². The highest BCUT2D eigenvalue weighted by molar-refractivity contribution is 5.78. The van der Waals surface area contributed by atoms with E-state index in [4.69, 9.17) is 4.74 Å². The van der Waals surface area contributed by atoms with Gasteiger partial charge in [-0.3, -0.25) is 9.69 Å². The summed E-state index contributed by atoms with van der Waals surface area (Å²) in [6, 6.07) is 1.91. The van der Waals surface area contributed by atoms with Crippen molar-refractivity contribution in [3.63, 3.8) is 0 Å². The minimum atomic E-state index is 0.151. The van der Waals surface area contributed by atoms with Gasteiger partial charge in [-0.1, -0.05) is 0 Å². The van der Waals surface area contributed by atoms with E-state index in [9.17, 15) is 4.79 Å². The second-order valence-corrected chi connectivity index (χ2v) is 7.23. The van der Waals surface area contributed by atoms with Gasteiger partial charge >= 0.3 is 0 Å². The number of rotatable bonds is 3. The Bertz CT molecular complexity index is 368. The molecule has 4 atom stereocenters. The molecule has 5 nitrogen and oxygen atoms in total. The summed E-state index contributed by atoms with van der Waals surface area (Å²) < 4.78 is 5.71. The second kappa shape index (κ2) is 6.23. The Morgan fingerprint density at radius 1 is 1.19 bits per heavy atom. The Kier molecular flexibility index (Phi) is 4.52. The summed E-state index contributed by atoms with van der Waals surface area (Å²) in [5.74, 6) is 0.255. The van der Waals surface area contributed by atoms with Crippen molar-refractivity contribution in [1.82, 2.24) is 15.1 Å². The van der Waals surface area contributed by atoms with E-state index in [1.165, 1.54) is 25.7 Å². The van der Waals surface area contributed by atoms with Crippen molar-refractivity contribution in [3.8, 4) is 0 Å². The summed E-state index contributed by atoms with van der Waals surface area (Å²) in [6.45, 7) is 6.10. The monoisotopic (exact) mass is 295 g/mol. The molecular formula is C16H29N3O2. The van der Waals surface area contributed by atoms with E-state index < -0.39 is 0 Å². The minimum Gasteiger partial charge on any atom is -0.372 e. The molecule has 2 bridgehead atoms. The third-order valence-electron chi connectivity index (χ3n) is 5.23. The summed E-state index contributed by atoms with van der Waals surface area (Å²) in [7, 11) is 2.11. The molecule has 5 heteroatoms. The molecule has 3 fully saturated rings. The number of nitrogens with zero attached hydrogens (tertiary/aromatic N) is 2. The zero-order valence-electron chi connectivity index (χ0n) is 13.5. The fourth-order valence-corrected chi connectivity index (χ4v) is 4.21. The van der Waals surface area contributed by atoms with Crippen molar-refractivity contribution in [1.29, 1.82) is 0 Å². The molecule has 21 heavy (non-hydrogen) atoms. The molecule has 120 valence electrons. The maximum atomic E-state index is 12.5. The number of amides is 1. The molecule has 3 heterocycles. The largest absolute Gasteiger partial charge is 0.372 e. The van der Waals surface area contributed by atoms with E-state index in [-0.39, 0.29) is 18.1 Å². The van der Waals surface area contributed by atoms with Crippen molar-refractivity contribution in [2.24, 2.45) is 0 Å². The summed E-state index contributed by atoms with van der Waals surface area (Å²) in [5.41, 5.74) is 0. The van der Waals surface area contributed by atoms with Crippen molar-refractivity contribution < 1.29 is 9.53 Å². The van der Waals surface area contributed by atoms with E-state index in [1.54, 1.807) is 0 Å². The number of morpholine rings is 1. The quantitative estimate of drug-likeness (QED) is 0.838. The maximum Gasteiger partial charge on any atom is 0.236 e. The van der Waals surface area contributed by atoms with Gasteiger partial charge in [0.25, 0.3) is 0 Å². The van der Waals surface area contributed by atoms with Crippen LogP contribution in [0.1, 0.15) is 39.5 Å². The van der Waals surface area contributed by atoms with Crippen LogP contribution in [0.25, 0.3) is 0 Å². The van der Waals surface area contributed by atoms with Crippen LogP contribution in [0.15, 0.2) is 0 Å². The first-order valence-corrected chi connectivity index (χ1v) is 8.40. The first-order valence-electron chi connectivity index (χ1n) is 8.40. The molecule has 0 aromatic carbocycles. The van der Waals surface area contributed by atoms with Crippen LogP contribution >= 0.6 is 0 Å². The third-order valence-corrected chi connectivity index (χ3v) is 5.23. The SMILES string of the molecule is CC1CN(C(=O)CN(C)C2CC3CCC(C2)N3)CC(C)O1. The van der Waals surface area contributed by atoms with Crippen LogP contribution in [0.3, 0.4) is 0 Å². The lowest BCUT2D eigenvalue weighted by molar-refractivity contribution is -0.144. The second-order valence-electron chi connectivity index (χ2n) is 7.23. The van der Waals surface area contributed by atoms with Crippen molar-refractivity contribution in [2.75, 3.05) is 26.7 Å². The first-order chi connectivity index (χ1) is 10.0. The number of nitrogens with one attached hydrogen (secondary N) is 1. The number of carbonyl (C=O) groups excluding carboxylic acids is 1. The molecule has 1 amide bonds. The molecule has 1 N–H and O–H groups in total. The number of hydrogen-bond donors (Lipinski definition) is 1. The lowest BCUT2D eigenvalue weighted by atomic mass is 9.98. The van der Waals surface area contributed by atoms with Gasteiger partial charge in [-0.25, -0.2) is 0 Å². The minimum absolute atomic E-state index is 0.151. The number of ether oxygens (including phenoxy) is 1. The Morgan fingerprint density at radius 3 is 2.33 bits per heavy atom. The molecule has 3 rings (SSSR count). The summed E-state index contributed by atoms with van der Waals surface area (Å²) in [4.78, 5) is 16.8. The molecule has 3 aliphatic rings. The predicted octanol–water partition coefficient (Wildman–Crippen LogP) is 0.837. The number of carbonyl (C=O) groups is 1. The Hall–Kier alpha value is -0.650. The Labute approximate surface area is 128 Å². The highest BCUT2D eigenvalue weighted by atomic mass is 16.5. The van der Waals surface area contributed by atoms with Gasteiger partial charge in [0.2, 0.25) is 5.91 Å². The van der Waals surface area contributed by atoms with Crippen molar-refractivity contribution in [3.05, 3.63) is 0 Å². The standard InChI is InChI=1S/C16H29N3O2/c1-11-8-19(9-12(2)21-11)16(20)10-18(3)15-6-13-4-5-14(7-15)17-13/h11-15,17H,4-10H2,1-3H3. The van der Waals surface area contributed by atoms with Gasteiger partial charge in [0.1, 0.15) is 0 Å². The molecule has 0 saturated carbocycles. The molecule has 0 aliphatic carbocycles. The highest BCUT2D eigenvalue weighted by Gasteiger charge is 2.36.